The third-order valence-electron chi connectivity index (χ3n) is 6.61. The number of morpholine rings is 1. The van der Waals surface area contributed by atoms with Crippen molar-refractivity contribution in [3.63, 3.8) is 0 Å². The molecule has 178 valence electrons. The van der Waals surface area contributed by atoms with Crippen LogP contribution >= 0.6 is 11.3 Å². The largest absolute Gasteiger partial charge is 0.379 e. The lowest BCUT2D eigenvalue weighted by molar-refractivity contribution is -0.124. The van der Waals surface area contributed by atoms with Gasteiger partial charge < -0.3 is 20.2 Å². The Morgan fingerprint density at radius 2 is 1.94 bits per heavy atom. The van der Waals surface area contributed by atoms with Crippen LogP contribution in [0.3, 0.4) is 0 Å². The van der Waals surface area contributed by atoms with Gasteiger partial charge in [0.25, 0.3) is 5.91 Å². The first kappa shape index (κ1) is 24.8. The Bertz CT molecular complexity index is 743. The molecule has 2 fully saturated rings. The highest BCUT2D eigenvalue weighted by Crippen LogP contribution is 2.35. The first-order valence-electron chi connectivity index (χ1n) is 11.8. The fraction of sp³-hybridized carbons (Fsp3) is 0.739. The second-order valence-corrected chi connectivity index (χ2v) is 9.83. The highest BCUT2D eigenvalue weighted by Gasteiger charge is 2.40. The number of nitrogens with one attached hydrogen (secondary N) is 2. The number of hydrogen-bond donors (Lipinski definition) is 2. The van der Waals surface area contributed by atoms with Crippen molar-refractivity contribution >= 4 is 28.9 Å². The molecule has 0 bridgehead atoms. The SMILES string of the molecule is CC(=O)CCCCC[C@H](NC(=O)c1cncs1)C(=O)NCC1(N2CCOCC2)CCCC1. The molecule has 1 aromatic rings. The first-order chi connectivity index (χ1) is 15.5. The zero-order chi connectivity index (χ0) is 22.8. The highest BCUT2D eigenvalue weighted by atomic mass is 32.1. The number of Topliss-reactive ketones (excluding diaryl/α,β-unsaturated/α-hetero) is 1. The normalized spacial score (nSPS) is 19.4. The van der Waals surface area contributed by atoms with E-state index in [1.807, 2.05) is 0 Å². The molecule has 1 saturated heterocycles. The molecule has 1 aliphatic heterocycles. The second-order valence-electron chi connectivity index (χ2n) is 8.94. The number of carbonyl (C=O) groups excluding carboxylic acids is 3. The van der Waals surface area contributed by atoms with Gasteiger partial charge in [-0.1, -0.05) is 25.7 Å². The minimum atomic E-state index is -0.593. The number of amides is 2. The zero-order valence-corrected chi connectivity index (χ0v) is 19.9. The van der Waals surface area contributed by atoms with Crippen molar-refractivity contribution in [2.45, 2.75) is 76.3 Å². The van der Waals surface area contributed by atoms with Gasteiger partial charge in [-0.05, 0) is 32.6 Å². The van der Waals surface area contributed by atoms with Crippen molar-refractivity contribution in [1.82, 2.24) is 20.5 Å². The topological polar surface area (TPSA) is 101 Å². The van der Waals surface area contributed by atoms with Crippen LogP contribution in [0.25, 0.3) is 0 Å². The van der Waals surface area contributed by atoms with E-state index >= 15 is 0 Å². The van der Waals surface area contributed by atoms with Crippen LogP contribution in [0.5, 0.6) is 0 Å². The molecule has 1 atom stereocenters. The van der Waals surface area contributed by atoms with Crippen molar-refractivity contribution < 1.29 is 19.1 Å². The summed E-state index contributed by atoms with van der Waals surface area (Å²) in [5.41, 5.74) is 1.60. The third-order valence-corrected chi connectivity index (χ3v) is 7.38. The Morgan fingerprint density at radius 1 is 1.19 bits per heavy atom. The van der Waals surface area contributed by atoms with Gasteiger partial charge in [-0.15, -0.1) is 11.3 Å². The molecule has 0 unspecified atom stereocenters. The monoisotopic (exact) mass is 464 g/mol. The van der Waals surface area contributed by atoms with Gasteiger partial charge in [0.15, 0.2) is 0 Å². The molecule has 0 aromatic carbocycles. The molecule has 2 N–H and O–H groups in total. The summed E-state index contributed by atoms with van der Waals surface area (Å²) in [6, 6.07) is -0.593. The van der Waals surface area contributed by atoms with Crippen LogP contribution in [0.4, 0.5) is 0 Å². The Kier molecular flexibility index (Phi) is 9.62. The number of thiazole rings is 1. The van der Waals surface area contributed by atoms with E-state index < -0.39 is 6.04 Å². The summed E-state index contributed by atoms with van der Waals surface area (Å²) >= 11 is 1.26. The van der Waals surface area contributed by atoms with Crippen LogP contribution in [-0.4, -0.2) is 71.9 Å². The summed E-state index contributed by atoms with van der Waals surface area (Å²) in [5, 5.41) is 6.08. The average molecular weight is 465 g/mol. The molecule has 3 rings (SSSR count). The van der Waals surface area contributed by atoms with E-state index in [1.165, 1.54) is 30.4 Å². The zero-order valence-electron chi connectivity index (χ0n) is 19.1. The number of hydrogen-bond acceptors (Lipinski definition) is 7. The predicted molar refractivity (Wildman–Crippen MR) is 124 cm³/mol. The molecule has 2 amide bonds. The van der Waals surface area contributed by atoms with E-state index in [2.05, 4.69) is 20.5 Å². The quantitative estimate of drug-likeness (QED) is 0.461. The molecule has 32 heavy (non-hydrogen) atoms. The minimum Gasteiger partial charge on any atom is -0.379 e. The molecule has 9 heteroatoms. The van der Waals surface area contributed by atoms with Crippen LogP contribution in [0.2, 0.25) is 0 Å². The number of rotatable bonds is 12. The molecule has 0 radical (unpaired) electrons. The average Bonchev–Trinajstić information content (AvgIpc) is 3.50. The molecular formula is C23H36N4O4S. The maximum atomic E-state index is 13.2. The number of unbranched alkanes of at least 4 members (excludes halogenated alkanes) is 2. The van der Waals surface area contributed by atoms with Crippen molar-refractivity contribution in [1.29, 1.82) is 0 Å². The van der Waals surface area contributed by atoms with Crippen molar-refractivity contribution in [2.24, 2.45) is 0 Å². The molecule has 1 saturated carbocycles. The van der Waals surface area contributed by atoms with E-state index in [0.717, 1.165) is 58.4 Å². The van der Waals surface area contributed by atoms with Crippen LogP contribution in [0.15, 0.2) is 11.7 Å². The van der Waals surface area contributed by atoms with Crippen molar-refractivity contribution in [3.05, 3.63) is 16.6 Å². The summed E-state index contributed by atoms with van der Waals surface area (Å²) in [6.45, 7) is 5.48. The highest BCUT2D eigenvalue weighted by molar-refractivity contribution is 7.11. The van der Waals surface area contributed by atoms with Crippen LogP contribution < -0.4 is 10.6 Å². The molecule has 2 heterocycles. The number of carbonyl (C=O) groups is 3. The molecule has 1 aliphatic carbocycles. The first-order valence-corrected chi connectivity index (χ1v) is 12.7. The van der Waals surface area contributed by atoms with E-state index in [-0.39, 0.29) is 23.1 Å². The van der Waals surface area contributed by atoms with Gasteiger partial charge in [-0.3, -0.25) is 19.5 Å². The molecular weight excluding hydrogens is 428 g/mol. The lowest BCUT2D eigenvalue weighted by Gasteiger charge is -2.43. The van der Waals surface area contributed by atoms with Gasteiger partial charge in [0.05, 0.1) is 24.9 Å². The summed E-state index contributed by atoms with van der Waals surface area (Å²) in [7, 11) is 0. The fourth-order valence-corrected chi connectivity index (χ4v) is 5.30. The lowest BCUT2D eigenvalue weighted by Crippen LogP contribution is -2.59. The summed E-state index contributed by atoms with van der Waals surface area (Å²) < 4.78 is 5.52. The predicted octanol–water partition coefficient (Wildman–Crippen LogP) is 2.54. The van der Waals surface area contributed by atoms with E-state index in [0.29, 0.717) is 24.3 Å². The van der Waals surface area contributed by atoms with Crippen LogP contribution in [0.1, 0.15) is 74.4 Å². The summed E-state index contributed by atoms with van der Waals surface area (Å²) in [6.07, 6.45) is 9.60. The molecule has 2 aliphatic rings. The van der Waals surface area contributed by atoms with Gasteiger partial charge in [0.1, 0.15) is 16.7 Å². The van der Waals surface area contributed by atoms with Gasteiger partial charge in [0.2, 0.25) is 5.91 Å². The number of aromatic nitrogens is 1. The fourth-order valence-electron chi connectivity index (χ4n) is 4.78. The summed E-state index contributed by atoms with van der Waals surface area (Å²) in [4.78, 5) is 43.8. The number of ether oxygens (including phenoxy) is 1. The van der Waals surface area contributed by atoms with Crippen molar-refractivity contribution in [3.8, 4) is 0 Å². The van der Waals surface area contributed by atoms with E-state index in [9.17, 15) is 14.4 Å². The van der Waals surface area contributed by atoms with E-state index in [1.54, 1.807) is 12.4 Å². The van der Waals surface area contributed by atoms with Gasteiger partial charge in [-0.25, -0.2) is 0 Å². The standard InChI is InChI=1S/C23H36N4O4S/c1-18(28)7-3-2-4-8-19(26-22(30)20-15-24-17-32-20)21(29)25-16-23(9-5-6-10-23)27-11-13-31-14-12-27/h15,17,19H,2-14,16H2,1H3,(H,25,29)(H,26,30)/t19-/m0/s1. The van der Waals surface area contributed by atoms with Gasteiger partial charge in [0, 0.05) is 31.6 Å². The second kappa shape index (κ2) is 12.4. The number of nitrogens with zero attached hydrogens (tertiary/aromatic N) is 2. The Balaban J connectivity index is 1.58. The Labute approximate surface area is 194 Å². The van der Waals surface area contributed by atoms with Gasteiger partial charge >= 0.3 is 0 Å². The molecule has 8 nitrogen and oxygen atoms in total. The maximum absolute atomic E-state index is 13.2. The molecule has 1 aromatic heterocycles. The minimum absolute atomic E-state index is 0.00679. The Hall–Kier alpha value is -1.84. The van der Waals surface area contributed by atoms with Crippen LogP contribution in [0, 0.1) is 0 Å². The number of ketones is 1. The van der Waals surface area contributed by atoms with Crippen molar-refractivity contribution in [2.75, 3.05) is 32.8 Å². The third kappa shape index (κ3) is 7.08. The lowest BCUT2D eigenvalue weighted by atomic mass is 9.94. The Morgan fingerprint density at radius 3 is 2.59 bits per heavy atom. The summed E-state index contributed by atoms with van der Waals surface area (Å²) in [5.74, 6) is -0.211. The molecule has 0 spiro atoms. The smallest absolute Gasteiger partial charge is 0.263 e. The van der Waals surface area contributed by atoms with E-state index in [4.69, 9.17) is 4.74 Å². The van der Waals surface area contributed by atoms with Crippen LogP contribution in [-0.2, 0) is 14.3 Å². The van der Waals surface area contributed by atoms with Gasteiger partial charge in [-0.2, -0.15) is 0 Å². The maximum Gasteiger partial charge on any atom is 0.263 e.